The molecule has 0 aliphatic rings. The van der Waals surface area contributed by atoms with Crippen LogP contribution in [0.25, 0.3) is 0 Å². The Morgan fingerprint density at radius 3 is 2.08 bits per heavy atom. The van der Waals surface area contributed by atoms with Crippen LogP contribution in [0.4, 0.5) is 0 Å². The number of methoxy groups -OCH3 is 2. The molecule has 1 aromatic carbocycles. The Bertz CT molecular complexity index is 932. The predicted molar refractivity (Wildman–Crippen MR) is 146 cm³/mol. The molecule has 0 aromatic heterocycles. The molecule has 0 amide bonds. The first-order valence-corrected chi connectivity index (χ1v) is 16.9. The molecule has 0 aliphatic carbocycles. The zero-order chi connectivity index (χ0) is 27.9. The number of aliphatic carboxylic acids is 1. The van der Waals surface area contributed by atoms with Crippen molar-refractivity contribution in [3.8, 4) is 5.75 Å². The van der Waals surface area contributed by atoms with E-state index >= 15 is 0 Å². The van der Waals surface area contributed by atoms with E-state index in [-0.39, 0.29) is 29.3 Å². The van der Waals surface area contributed by atoms with Gasteiger partial charge in [-0.2, -0.15) is 16.1 Å². The number of sulfonamides is 1. The van der Waals surface area contributed by atoms with E-state index in [4.69, 9.17) is 18.6 Å². The summed E-state index contributed by atoms with van der Waals surface area (Å²) in [5.41, 5.74) is -0.235. The summed E-state index contributed by atoms with van der Waals surface area (Å²) in [4.78, 5) is 12.4. The third-order valence-electron chi connectivity index (χ3n) is 5.62. The highest BCUT2D eigenvalue weighted by molar-refractivity contribution is 8.00. The molecule has 36 heavy (non-hydrogen) atoms. The second kappa shape index (κ2) is 13.6. The molecule has 0 spiro atoms. The Kier molecular flexibility index (Phi) is 12.4. The summed E-state index contributed by atoms with van der Waals surface area (Å²) in [7, 11) is -1.19. The highest BCUT2D eigenvalue weighted by Gasteiger charge is 2.45. The number of carboxylic acid groups (broad SMARTS) is 1. The van der Waals surface area contributed by atoms with Crippen LogP contribution in [0.3, 0.4) is 0 Å². The first kappa shape index (κ1) is 32.9. The number of nitrogens with zero attached hydrogens (tertiary/aromatic N) is 1. The third kappa shape index (κ3) is 9.00. The zero-order valence-electron chi connectivity index (χ0n) is 23.1. The smallest absolute Gasteiger partial charge is 0.323 e. The minimum Gasteiger partial charge on any atom is -0.497 e. The van der Waals surface area contributed by atoms with E-state index in [9.17, 15) is 18.3 Å². The van der Waals surface area contributed by atoms with Gasteiger partial charge in [0, 0.05) is 24.7 Å². The van der Waals surface area contributed by atoms with Crippen molar-refractivity contribution < 1.29 is 37.0 Å². The largest absolute Gasteiger partial charge is 0.497 e. The van der Waals surface area contributed by atoms with E-state index < -0.39 is 35.8 Å². The number of carboxylic acids is 1. The average Bonchev–Trinajstić information content (AvgIpc) is 2.76. The van der Waals surface area contributed by atoms with Crippen molar-refractivity contribution in [1.29, 1.82) is 0 Å². The lowest BCUT2D eigenvalue weighted by Crippen LogP contribution is -2.54. The van der Waals surface area contributed by atoms with Crippen LogP contribution < -0.4 is 4.74 Å². The van der Waals surface area contributed by atoms with Crippen molar-refractivity contribution in [3.63, 3.8) is 0 Å². The van der Waals surface area contributed by atoms with E-state index in [1.165, 1.54) is 57.3 Å². The molecule has 0 aliphatic heterocycles. The number of hydrogen-bond donors (Lipinski definition) is 1. The van der Waals surface area contributed by atoms with Crippen molar-refractivity contribution in [2.24, 2.45) is 5.41 Å². The number of likely N-dealkylation sites (N-methyl/N-ethyl adjacent to an activating group) is 1. The zero-order valence-corrected chi connectivity index (χ0v) is 25.9. The van der Waals surface area contributed by atoms with Gasteiger partial charge in [-0.1, -0.05) is 20.8 Å². The van der Waals surface area contributed by atoms with Crippen molar-refractivity contribution in [3.05, 3.63) is 24.3 Å². The lowest BCUT2D eigenvalue weighted by atomic mass is 9.86. The van der Waals surface area contributed by atoms with Gasteiger partial charge in [0.25, 0.3) is 0 Å². The Morgan fingerprint density at radius 2 is 1.67 bits per heavy atom. The Hall–Kier alpha value is -1.15. The van der Waals surface area contributed by atoms with Crippen LogP contribution in [-0.2, 0) is 28.7 Å². The molecule has 1 aromatic rings. The summed E-state index contributed by atoms with van der Waals surface area (Å²) < 4.78 is 49.1. The topological polar surface area (TPSA) is 112 Å². The van der Waals surface area contributed by atoms with Gasteiger partial charge in [-0.3, -0.25) is 4.79 Å². The SMILES string of the molecule is COCO[C@H](CSC(C)(C)[C@H](C(=O)O)N(C)S(=O)(=O)c1ccc(OC)cc1)C(O[SiH](C)C)C(C)(C)C. The maximum atomic E-state index is 13.3. The van der Waals surface area contributed by atoms with Crippen LogP contribution in [0.2, 0.25) is 13.1 Å². The maximum Gasteiger partial charge on any atom is 0.323 e. The molecule has 3 atom stereocenters. The van der Waals surface area contributed by atoms with Crippen LogP contribution in [-0.4, -0.2) is 89.6 Å². The molecule has 0 radical (unpaired) electrons. The van der Waals surface area contributed by atoms with Gasteiger partial charge in [0.2, 0.25) is 10.0 Å². The van der Waals surface area contributed by atoms with Gasteiger partial charge in [0.1, 0.15) is 18.6 Å². The van der Waals surface area contributed by atoms with Gasteiger partial charge in [-0.05, 0) is 56.6 Å². The molecule has 0 bridgehead atoms. The Labute approximate surface area is 222 Å². The van der Waals surface area contributed by atoms with E-state index in [1.54, 1.807) is 13.8 Å². The van der Waals surface area contributed by atoms with E-state index in [2.05, 4.69) is 33.9 Å². The molecule has 208 valence electrons. The molecule has 0 fully saturated rings. The fraction of sp³-hybridized carbons (Fsp3) is 0.708. The molecule has 0 saturated heterocycles. The molecule has 1 N–H and O–H groups in total. The predicted octanol–water partition coefficient (Wildman–Crippen LogP) is 3.68. The van der Waals surface area contributed by atoms with Crippen LogP contribution in [0.5, 0.6) is 5.75 Å². The van der Waals surface area contributed by atoms with Gasteiger partial charge in [0.15, 0.2) is 9.04 Å². The van der Waals surface area contributed by atoms with Crippen molar-refractivity contribution >= 4 is 36.8 Å². The number of thioether (sulfide) groups is 1. The Balaban J connectivity index is 3.25. The molecule has 12 heteroatoms. The van der Waals surface area contributed by atoms with Crippen LogP contribution in [0.1, 0.15) is 34.6 Å². The molecule has 1 unspecified atom stereocenters. The molecule has 1 rings (SSSR count). The summed E-state index contributed by atoms with van der Waals surface area (Å²) in [6.45, 7) is 13.9. The lowest BCUT2D eigenvalue weighted by molar-refractivity contribution is -0.142. The summed E-state index contributed by atoms with van der Waals surface area (Å²) >= 11 is 1.34. The third-order valence-corrected chi connectivity index (χ3v) is 9.76. The van der Waals surface area contributed by atoms with E-state index in [1.807, 2.05) is 0 Å². The van der Waals surface area contributed by atoms with Gasteiger partial charge < -0.3 is 23.7 Å². The van der Waals surface area contributed by atoms with Gasteiger partial charge in [0.05, 0.1) is 24.2 Å². The molecule has 0 heterocycles. The average molecular weight is 566 g/mol. The Morgan fingerprint density at radius 1 is 1.11 bits per heavy atom. The number of rotatable bonds is 15. The molecule has 9 nitrogen and oxygen atoms in total. The fourth-order valence-electron chi connectivity index (χ4n) is 3.84. The molecular formula is C24H43NO8S2Si. The standard InChI is InChI=1S/C24H43NO8S2Si/c1-23(2,3)21(33-36(9)10)19(32-16-30-7)15-34-24(4,5)20(22(26)27)25(6)35(28,29)18-13-11-17(31-8)12-14-18/h11-14,19-21,36H,15-16H2,1-10H3,(H,26,27)/t19-,20+,21?/m1/s1. The van der Waals surface area contributed by atoms with Crippen LogP contribution in [0, 0.1) is 5.41 Å². The second-order valence-corrected chi connectivity index (χ2v) is 16.5. The summed E-state index contributed by atoms with van der Waals surface area (Å²) in [5, 5.41) is 10.1. The van der Waals surface area contributed by atoms with E-state index in [0.29, 0.717) is 11.5 Å². The number of carbonyl (C=O) groups is 1. The number of benzene rings is 1. The summed E-state index contributed by atoms with van der Waals surface area (Å²) in [6, 6.07) is 4.52. The quantitative estimate of drug-likeness (QED) is 0.251. The summed E-state index contributed by atoms with van der Waals surface area (Å²) in [5.74, 6) is -0.344. The highest BCUT2D eigenvalue weighted by atomic mass is 32.2. The minimum absolute atomic E-state index is 0.0118. The van der Waals surface area contributed by atoms with Crippen LogP contribution in [0.15, 0.2) is 29.2 Å². The van der Waals surface area contributed by atoms with E-state index in [0.717, 1.165) is 4.31 Å². The lowest BCUT2D eigenvalue weighted by Gasteiger charge is -2.41. The minimum atomic E-state index is -4.09. The van der Waals surface area contributed by atoms with Crippen molar-refractivity contribution in [1.82, 2.24) is 4.31 Å². The van der Waals surface area contributed by atoms with Crippen LogP contribution >= 0.6 is 11.8 Å². The first-order chi connectivity index (χ1) is 16.5. The monoisotopic (exact) mass is 565 g/mol. The number of ether oxygens (including phenoxy) is 3. The highest BCUT2D eigenvalue weighted by Crippen LogP contribution is 2.37. The molecular weight excluding hydrogens is 522 g/mol. The first-order valence-electron chi connectivity index (χ1n) is 11.7. The normalized spacial score (nSPS) is 15.7. The van der Waals surface area contributed by atoms with Crippen molar-refractivity contribution in [2.45, 2.75) is 75.6 Å². The van der Waals surface area contributed by atoms with Gasteiger partial charge in [-0.25, -0.2) is 8.42 Å². The van der Waals surface area contributed by atoms with Gasteiger partial charge >= 0.3 is 5.97 Å². The van der Waals surface area contributed by atoms with Gasteiger partial charge in [-0.15, -0.1) is 0 Å². The second-order valence-electron chi connectivity index (χ2n) is 10.4. The maximum absolute atomic E-state index is 13.3. The fourth-order valence-corrected chi connectivity index (χ4v) is 7.80. The number of hydrogen-bond acceptors (Lipinski definition) is 8. The van der Waals surface area contributed by atoms with Crippen molar-refractivity contribution in [2.75, 3.05) is 33.8 Å². The summed E-state index contributed by atoms with van der Waals surface area (Å²) in [6.07, 6.45) is -0.631. The molecule has 0 saturated carbocycles.